The normalized spacial score (nSPS) is 21.9. The molecule has 2 aliphatic rings. The molecule has 232 valence electrons. The summed E-state index contributed by atoms with van der Waals surface area (Å²) < 4.78 is 6.29. The van der Waals surface area contributed by atoms with Crippen LogP contribution in [0.5, 0.6) is 0 Å². The lowest BCUT2D eigenvalue weighted by atomic mass is 9.82. The van der Waals surface area contributed by atoms with Gasteiger partial charge in [0.1, 0.15) is 0 Å². The van der Waals surface area contributed by atoms with Crippen molar-refractivity contribution in [3.63, 3.8) is 0 Å². The van der Waals surface area contributed by atoms with E-state index in [4.69, 9.17) is 33.7 Å². The Hall–Kier alpha value is -3.43. The van der Waals surface area contributed by atoms with Crippen molar-refractivity contribution >= 4 is 52.3 Å². The van der Waals surface area contributed by atoms with Gasteiger partial charge in [0.2, 0.25) is 5.91 Å². The first-order valence-corrected chi connectivity index (χ1v) is 15.7. The third-order valence-electron chi connectivity index (χ3n) is 9.07. The number of fused-ring (bicyclic) bond motifs is 1. The molecule has 0 radical (unpaired) electrons. The number of likely N-dealkylation sites (tertiary alicyclic amines) is 1. The number of aryl methyl sites for hydroxylation is 1. The highest BCUT2D eigenvalue weighted by Crippen LogP contribution is 2.45. The van der Waals surface area contributed by atoms with Gasteiger partial charge in [0.25, 0.3) is 11.8 Å². The number of ether oxygens (including phenoxy) is 1. The van der Waals surface area contributed by atoms with Crippen LogP contribution in [0.15, 0.2) is 66.7 Å². The van der Waals surface area contributed by atoms with Crippen LogP contribution in [0.25, 0.3) is 0 Å². The summed E-state index contributed by atoms with van der Waals surface area (Å²) in [6.07, 6.45) is 5.17. The van der Waals surface area contributed by atoms with Crippen LogP contribution in [0.2, 0.25) is 10.0 Å². The molecule has 3 amide bonds. The quantitative estimate of drug-likeness (QED) is 0.277. The number of rotatable bonds is 9. The van der Waals surface area contributed by atoms with Crippen LogP contribution in [-0.2, 0) is 16.0 Å². The lowest BCUT2D eigenvalue weighted by Crippen LogP contribution is -2.59. The molecule has 0 bridgehead atoms. The Morgan fingerprint density at radius 2 is 1.77 bits per heavy atom. The maximum absolute atomic E-state index is 14.6. The highest BCUT2D eigenvalue weighted by atomic mass is 35.5. The fourth-order valence-corrected chi connectivity index (χ4v) is 7.19. The Balaban J connectivity index is 1.50. The first-order valence-electron chi connectivity index (χ1n) is 15.0. The van der Waals surface area contributed by atoms with Crippen LogP contribution < -0.4 is 16.0 Å². The van der Waals surface area contributed by atoms with Gasteiger partial charge in [-0.15, -0.1) is 0 Å². The summed E-state index contributed by atoms with van der Waals surface area (Å²) in [5.74, 6) is -1.42. The number of halogens is 2. The van der Waals surface area contributed by atoms with Gasteiger partial charge in [-0.25, -0.2) is 0 Å². The van der Waals surface area contributed by atoms with E-state index in [1.807, 2.05) is 12.1 Å². The molecule has 1 saturated heterocycles. The van der Waals surface area contributed by atoms with Gasteiger partial charge in [-0.2, -0.15) is 0 Å². The number of hydrogen-bond donors (Lipinski definition) is 2. The van der Waals surface area contributed by atoms with Crippen molar-refractivity contribution in [2.75, 3.05) is 30.9 Å². The number of nitrogens with two attached hydrogens (primary N) is 1. The highest BCUT2D eigenvalue weighted by molar-refractivity contribution is 6.34. The molecule has 3 aromatic rings. The summed E-state index contributed by atoms with van der Waals surface area (Å²) in [6.45, 7) is 1.06. The molecule has 3 unspecified atom stereocenters. The second kappa shape index (κ2) is 13.7. The number of nitrogens with one attached hydrogen (secondary N) is 1. The summed E-state index contributed by atoms with van der Waals surface area (Å²) in [5.41, 5.74) is 7.32. The molecular formula is C34H38Cl2N4O4. The monoisotopic (exact) mass is 636 g/mol. The average molecular weight is 638 g/mol. The van der Waals surface area contributed by atoms with Crippen molar-refractivity contribution in [1.29, 1.82) is 0 Å². The van der Waals surface area contributed by atoms with E-state index >= 15 is 0 Å². The van der Waals surface area contributed by atoms with Crippen LogP contribution in [-0.4, -0.2) is 55.1 Å². The number of carbonyl (C=O) groups excluding carboxylic acids is 3. The van der Waals surface area contributed by atoms with Gasteiger partial charge >= 0.3 is 0 Å². The lowest BCUT2D eigenvalue weighted by Gasteiger charge is -2.46. The Bertz CT molecular complexity index is 1530. The van der Waals surface area contributed by atoms with Crippen LogP contribution in [0.3, 0.4) is 0 Å². The maximum atomic E-state index is 14.6. The standard InChI is InChI=1S/C34H38Cl2N4O4/c1-39-19-5-6-27(39)17-13-24-12-9-23-20-25(35)14-18-30(23)40(34(24,44-2)21-31(37)41)33(43)22-10-15-26(16-11-22)38-32(42)28-7-3-4-8-29(28)36/h3-4,7-8,10-11,14-16,18,20,24,27H,5-6,9,12-13,17,19,21H2,1-2H3,(H2,37,41)(H,38,42). The van der Waals surface area contributed by atoms with E-state index in [1.165, 1.54) is 0 Å². The van der Waals surface area contributed by atoms with Gasteiger partial charge in [0.15, 0.2) is 5.72 Å². The molecule has 2 heterocycles. The number of hydrogen-bond acceptors (Lipinski definition) is 5. The number of primary amides is 1. The molecular weight excluding hydrogens is 599 g/mol. The Morgan fingerprint density at radius 1 is 1.02 bits per heavy atom. The fraction of sp³-hybridized carbons (Fsp3) is 0.382. The molecule has 5 rings (SSSR count). The first kappa shape index (κ1) is 32.0. The Labute approximate surface area is 268 Å². The van der Waals surface area contributed by atoms with Crippen LogP contribution in [0.4, 0.5) is 11.4 Å². The third-order valence-corrected chi connectivity index (χ3v) is 9.64. The summed E-state index contributed by atoms with van der Waals surface area (Å²) in [7, 11) is 3.69. The maximum Gasteiger partial charge on any atom is 0.260 e. The summed E-state index contributed by atoms with van der Waals surface area (Å²) >= 11 is 12.6. The molecule has 3 aromatic carbocycles. The number of anilines is 2. The molecule has 0 saturated carbocycles. The average Bonchev–Trinajstić information content (AvgIpc) is 3.36. The molecule has 0 aromatic heterocycles. The Kier molecular flexibility index (Phi) is 9.95. The minimum atomic E-state index is -1.31. The largest absolute Gasteiger partial charge is 0.370 e. The van der Waals surface area contributed by atoms with E-state index in [1.54, 1.807) is 66.6 Å². The molecule has 1 fully saturated rings. The van der Waals surface area contributed by atoms with Gasteiger partial charge in [-0.05, 0) is 112 Å². The van der Waals surface area contributed by atoms with E-state index in [9.17, 15) is 14.4 Å². The van der Waals surface area contributed by atoms with E-state index in [2.05, 4.69) is 17.3 Å². The van der Waals surface area contributed by atoms with Gasteiger partial charge in [-0.1, -0.05) is 35.3 Å². The molecule has 44 heavy (non-hydrogen) atoms. The zero-order valence-electron chi connectivity index (χ0n) is 25.0. The van der Waals surface area contributed by atoms with E-state index in [0.717, 1.165) is 37.8 Å². The predicted octanol–water partition coefficient (Wildman–Crippen LogP) is 6.55. The van der Waals surface area contributed by atoms with E-state index in [-0.39, 0.29) is 24.2 Å². The number of nitrogens with zero attached hydrogens (tertiary/aromatic N) is 2. The van der Waals surface area contributed by atoms with Crippen molar-refractivity contribution in [3.05, 3.63) is 93.5 Å². The second-order valence-electron chi connectivity index (χ2n) is 11.7. The molecule has 8 nitrogen and oxygen atoms in total. The summed E-state index contributed by atoms with van der Waals surface area (Å²) in [5, 5.41) is 3.74. The van der Waals surface area contributed by atoms with Crippen molar-refractivity contribution in [1.82, 2.24) is 4.90 Å². The molecule has 0 aliphatic carbocycles. The molecule has 3 N–H and O–H groups in total. The van der Waals surface area contributed by atoms with Crippen LogP contribution >= 0.6 is 23.2 Å². The zero-order valence-corrected chi connectivity index (χ0v) is 26.5. The third kappa shape index (κ3) is 6.64. The minimum absolute atomic E-state index is 0.158. The minimum Gasteiger partial charge on any atom is -0.370 e. The van der Waals surface area contributed by atoms with Gasteiger partial charge in [0.05, 0.1) is 22.7 Å². The van der Waals surface area contributed by atoms with Gasteiger partial charge in [-0.3, -0.25) is 19.3 Å². The second-order valence-corrected chi connectivity index (χ2v) is 12.6. The summed E-state index contributed by atoms with van der Waals surface area (Å²) in [6, 6.07) is 19.3. The van der Waals surface area contributed by atoms with Crippen molar-refractivity contribution < 1.29 is 19.1 Å². The number of methoxy groups -OCH3 is 1. The molecule has 0 spiro atoms. The van der Waals surface area contributed by atoms with Crippen LogP contribution in [0.1, 0.15) is 64.8 Å². The van der Waals surface area contributed by atoms with Gasteiger partial charge < -0.3 is 20.7 Å². The van der Waals surface area contributed by atoms with Crippen molar-refractivity contribution in [2.45, 2.75) is 56.7 Å². The number of benzene rings is 3. The van der Waals surface area contributed by atoms with Gasteiger partial charge in [0, 0.05) is 35.3 Å². The van der Waals surface area contributed by atoms with E-state index < -0.39 is 11.6 Å². The SMILES string of the molecule is COC1(CC(N)=O)C(CCC2CCCN2C)CCc2cc(Cl)ccc2N1C(=O)c1ccc(NC(=O)c2ccccc2Cl)cc1. The van der Waals surface area contributed by atoms with Crippen molar-refractivity contribution in [3.8, 4) is 0 Å². The van der Waals surface area contributed by atoms with E-state index in [0.29, 0.717) is 51.4 Å². The smallest absolute Gasteiger partial charge is 0.260 e. The number of carbonyl (C=O) groups is 3. The zero-order chi connectivity index (χ0) is 31.4. The van der Waals surface area contributed by atoms with Crippen LogP contribution in [0, 0.1) is 5.92 Å². The topological polar surface area (TPSA) is 105 Å². The first-order chi connectivity index (χ1) is 21.1. The molecule has 10 heteroatoms. The predicted molar refractivity (Wildman–Crippen MR) is 174 cm³/mol. The highest BCUT2D eigenvalue weighted by Gasteiger charge is 2.50. The van der Waals surface area contributed by atoms with Crippen molar-refractivity contribution in [2.24, 2.45) is 11.7 Å². The molecule has 3 atom stereocenters. The lowest BCUT2D eigenvalue weighted by molar-refractivity contribution is -0.129. The summed E-state index contributed by atoms with van der Waals surface area (Å²) in [4.78, 5) is 44.0. The number of amides is 3. The Morgan fingerprint density at radius 3 is 2.43 bits per heavy atom. The molecule has 2 aliphatic heterocycles. The fourth-order valence-electron chi connectivity index (χ4n) is 6.78.